The van der Waals surface area contributed by atoms with Crippen LogP contribution >= 0.6 is 0 Å². The number of benzene rings is 1. The molecule has 92 valence electrons. The smallest absolute Gasteiger partial charge is 0.256 e. The Morgan fingerprint density at radius 3 is 3.00 bits per heavy atom. The molecule has 1 aliphatic heterocycles. The highest BCUT2D eigenvalue weighted by Gasteiger charge is 2.27. The van der Waals surface area contributed by atoms with Crippen LogP contribution < -0.4 is 10.5 Å². The van der Waals surface area contributed by atoms with Crippen LogP contribution in [-0.2, 0) is 0 Å². The lowest BCUT2D eigenvalue weighted by Gasteiger charge is -2.22. The standard InChI is InChI=1S/C13H16N3O.Al/c1-9-10(5-6-16-9)8-17-13-4-2-3-12(15)11(13)7-14;/h2-4,9-10H,5-6,8,15H2,1H3;/q-1;+1. The van der Waals surface area contributed by atoms with Gasteiger partial charge in [-0.2, -0.15) is 5.26 Å². The van der Waals surface area contributed by atoms with Crippen molar-refractivity contribution in [2.45, 2.75) is 19.4 Å². The van der Waals surface area contributed by atoms with E-state index in [1.54, 1.807) is 12.1 Å². The maximum absolute atomic E-state index is 9.06. The summed E-state index contributed by atoms with van der Waals surface area (Å²) in [5.41, 5.74) is 6.66. The molecule has 0 aliphatic carbocycles. The molecule has 18 heavy (non-hydrogen) atoms. The van der Waals surface area contributed by atoms with Crippen LogP contribution in [0, 0.1) is 17.2 Å². The largest absolute Gasteiger partial charge is 0.492 e. The Morgan fingerprint density at radius 2 is 2.39 bits per heavy atom. The fraction of sp³-hybridized carbons (Fsp3) is 0.462. The molecular formula is C13H16AlN3O. The lowest BCUT2D eigenvalue weighted by Crippen LogP contribution is -2.29. The van der Waals surface area contributed by atoms with Crippen molar-refractivity contribution in [1.82, 2.24) is 3.88 Å². The first-order valence-electron chi connectivity index (χ1n) is 6.06. The second-order valence-corrected chi connectivity index (χ2v) is 5.33. The highest BCUT2D eigenvalue weighted by Crippen LogP contribution is 2.27. The van der Waals surface area contributed by atoms with Crippen LogP contribution in [0.2, 0.25) is 0 Å². The quantitative estimate of drug-likeness (QED) is 0.655. The van der Waals surface area contributed by atoms with Gasteiger partial charge in [0.1, 0.15) is 17.4 Å². The predicted molar refractivity (Wildman–Crippen MR) is 71.1 cm³/mol. The first-order chi connectivity index (χ1) is 8.63. The number of nitrogens with two attached hydrogens (primary N) is 1. The third kappa shape index (κ3) is 2.62. The van der Waals surface area contributed by atoms with Gasteiger partial charge in [0, 0.05) is 5.92 Å². The molecule has 2 unspecified atom stereocenters. The number of nitrogens with zero attached hydrogens (tertiary/aromatic N) is 2. The molecule has 0 spiro atoms. The van der Waals surface area contributed by atoms with Gasteiger partial charge >= 0.3 is 0 Å². The topological polar surface area (TPSA) is 62.3 Å². The molecule has 2 atom stereocenters. The van der Waals surface area contributed by atoms with Crippen molar-refractivity contribution in [3.63, 3.8) is 0 Å². The van der Waals surface area contributed by atoms with Crippen molar-refractivity contribution in [1.29, 1.82) is 5.26 Å². The first-order valence-corrected chi connectivity index (χ1v) is 6.58. The van der Waals surface area contributed by atoms with Crippen LogP contribution in [0.5, 0.6) is 5.75 Å². The monoisotopic (exact) mass is 257 g/mol. The van der Waals surface area contributed by atoms with Crippen LogP contribution in [0.25, 0.3) is 0 Å². The van der Waals surface area contributed by atoms with Crippen molar-refractivity contribution in [2.24, 2.45) is 5.92 Å². The Kier molecular flexibility index (Phi) is 4.14. The molecule has 1 fully saturated rings. The number of nitriles is 1. The minimum Gasteiger partial charge on any atom is -0.492 e. The van der Waals surface area contributed by atoms with Gasteiger partial charge in [0.25, 0.3) is 16.5 Å². The molecule has 2 radical (unpaired) electrons. The summed E-state index contributed by atoms with van der Waals surface area (Å²) in [5, 5.41) is 9.06. The van der Waals surface area contributed by atoms with E-state index in [1.165, 1.54) is 0 Å². The van der Waals surface area contributed by atoms with E-state index < -0.39 is 0 Å². The minimum atomic E-state index is 0.436. The van der Waals surface area contributed by atoms with Gasteiger partial charge < -0.3 is 14.4 Å². The molecule has 0 aromatic heterocycles. The van der Waals surface area contributed by atoms with Crippen LogP contribution in [0.1, 0.15) is 18.9 Å². The van der Waals surface area contributed by atoms with Gasteiger partial charge in [0.15, 0.2) is 0 Å². The Hall–Kier alpha value is -1.20. The second kappa shape index (κ2) is 5.63. The van der Waals surface area contributed by atoms with Gasteiger partial charge in [-0.05, 0) is 31.1 Å². The zero-order valence-corrected chi connectivity index (χ0v) is 11.6. The third-order valence-electron chi connectivity index (χ3n) is 3.59. The predicted octanol–water partition coefficient (Wildman–Crippen LogP) is 1.31. The summed E-state index contributed by atoms with van der Waals surface area (Å²) >= 11 is 2.75. The summed E-state index contributed by atoms with van der Waals surface area (Å²) in [6.07, 6.45) is 1.12. The lowest BCUT2D eigenvalue weighted by molar-refractivity contribution is 0.226. The highest BCUT2D eigenvalue weighted by molar-refractivity contribution is 6.04. The summed E-state index contributed by atoms with van der Waals surface area (Å²) in [5.74, 6) is 1.09. The number of anilines is 1. The van der Waals surface area contributed by atoms with Crippen LogP contribution in [0.4, 0.5) is 5.69 Å². The van der Waals surface area contributed by atoms with E-state index >= 15 is 0 Å². The van der Waals surface area contributed by atoms with E-state index in [0.717, 1.165) is 13.0 Å². The third-order valence-corrected chi connectivity index (χ3v) is 4.32. The molecule has 1 saturated heterocycles. The molecule has 5 heteroatoms. The molecule has 4 nitrogen and oxygen atoms in total. The molecule has 0 amide bonds. The molecule has 1 heterocycles. The van der Waals surface area contributed by atoms with Gasteiger partial charge in [-0.3, -0.25) is 0 Å². The van der Waals surface area contributed by atoms with Crippen LogP contribution in [0.15, 0.2) is 18.2 Å². The van der Waals surface area contributed by atoms with E-state index in [4.69, 9.17) is 15.7 Å². The van der Waals surface area contributed by atoms with E-state index in [-0.39, 0.29) is 0 Å². The summed E-state index contributed by atoms with van der Waals surface area (Å²) in [4.78, 5) is 0. The molecule has 1 aromatic rings. The molecule has 1 aromatic carbocycles. The Bertz CT molecular complexity index is 472. The van der Waals surface area contributed by atoms with Crippen molar-refractivity contribution in [3.05, 3.63) is 23.8 Å². The number of nitrogen functional groups attached to an aromatic ring is 1. The van der Waals surface area contributed by atoms with E-state index in [0.29, 0.717) is 35.6 Å². The SMILES string of the molecule is CC1C(COc2cccc(N)c2C#N)CC[N]1[Al]. The normalized spacial score (nSPS) is 23.8. The van der Waals surface area contributed by atoms with Gasteiger partial charge in [-0.15, -0.1) is 0 Å². The molecular weight excluding hydrogens is 241 g/mol. The van der Waals surface area contributed by atoms with Crippen molar-refractivity contribution >= 4 is 22.2 Å². The number of ether oxygens (including phenoxy) is 1. The van der Waals surface area contributed by atoms with Crippen molar-refractivity contribution in [2.75, 3.05) is 18.9 Å². The van der Waals surface area contributed by atoms with Gasteiger partial charge in [-0.1, -0.05) is 13.0 Å². The number of rotatable bonds is 3. The summed E-state index contributed by atoms with van der Waals surface area (Å²) in [7, 11) is 0. The first kappa shape index (κ1) is 13.2. The molecule has 0 saturated carbocycles. The van der Waals surface area contributed by atoms with E-state index in [9.17, 15) is 0 Å². The number of hydrogen-bond acceptors (Lipinski definition) is 4. The highest BCUT2D eigenvalue weighted by atomic mass is 27.1. The summed E-state index contributed by atoms with van der Waals surface area (Å²) in [6, 6.07) is 7.91. The molecule has 2 rings (SSSR count). The Labute approximate surface area is 116 Å². The van der Waals surface area contributed by atoms with Crippen LogP contribution in [-0.4, -0.2) is 39.6 Å². The zero-order valence-electron chi connectivity index (χ0n) is 10.5. The van der Waals surface area contributed by atoms with Crippen molar-refractivity contribution < 1.29 is 4.74 Å². The molecule has 0 bridgehead atoms. The number of hydrogen-bond donors (Lipinski definition) is 1. The summed E-state index contributed by atoms with van der Waals surface area (Å²) in [6.45, 7) is 3.89. The van der Waals surface area contributed by atoms with E-state index in [2.05, 4.69) is 33.4 Å². The van der Waals surface area contributed by atoms with Crippen molar-refractivity contribution in [3.8, 4) is 11.8 Å². The average Bonchev–Trinajstić information content (AvgIpc) is 2.68. The fourth-order valence-corrected chi connectivity index (χ4v) is 2.63. The summed E-state index contributed by atoms with van der Waals surface area (Å²) < 4.78 is 8.02. The Morgan fingerprint density at radius 1 is 1.61 bits per heavy atom. The minimum absolute atomic E-state index is 0.436. The second-order valence-electron chi connectivity index (χ2n) is 4.67. The average molecular weight is 257 g/mol. The van der Waals surface area contributed by atoms with E-state index in [1.807, 2.05) is 6.07 Å². The van der Waals surface area contributed by atoms with Gasteiger partial charge in [-0.25, -0.2) is 0 Å². The molecule has 1 aliphatic rings. The fourth-order valence-electron chi connectivity index (χ4n) is 2.24. The van der Waals surface area contributed by atoms with Crippen LogP contribution in [0.3, 0.4) is 0 Å². The molecule has 2 N–H and O–H groups in total. The maximum atomic E-state index is 9.06. The van der Waals surface area contributed by atoms with Gasteiger partial charge in [0.2, 0.25) is 0 Å². The Balaban J connectivity index is 2.03. The van der Waals surface area contributed by atoms with Gasteiger partial charge in [0.05, 0.1) is 12.3 Å². The zero-order chi connectivity index (χ0) is 13.1. The lowest BCUT2D eigenvalue weighted by atomic mass is 10.0. The maximum Gasteiger partial charge on any atom is 0.256 e.